The van der Waals surface area contributed by atoms with Crippen molar-refractivity contribution in [2.45, 2.75) is 24.9 Å². The zero-order valence-electron chi connectivity index (χ0n) is 10.5. The van der Waals surface area contributed by atoms with E-state index in [1.54, 1.807) is 13.8 Å². The van der Waals surface area contributed by atoms with Crippen LogP contribution in [0.3, 0.4) is 0 Å². The molecule has 0 spiro atoms. The molecule has 1 aromatic carbocycles. The Kier molecular flexibility index (Phi) is 4.72. The quantitative estimate of drug-likeness (QED) is 0.765. The molecule has 0 saturated carbocycles. The van der Waals surface area contributed by atoms with Crippen LogP contribution in [0.5, 0.6) is 0 Å². The van der Waals surface area contributed by atoms with Crippen molar-refractivity contribution < 1.29 is 21.6 Å². The molecule has 0 unspecified atom stereocenters. The fourth-order valence-corrected chi connectivity index (χ4v) is 3.80. The Morgan fingerprint density at radius 2 is 1.58 bits per heavy atom. The molecule has 108 valence electrons. The molecule has 0 amide bonds. The summed E-state index contributed by atoms with van der Waals surface area (Å²) in [6.07, 6.45) is -4.46. The minimum absolute atomic E-state index is 0.0884. The minimum atomic E-state index is -4.46. The van der Waals surface area contributed by atoms with E-state index in [9.17, 15) is 21.6 Å². The van der Waals surface area contributed by atoms with Crippen LogP contribution in [0.15, 0.2) is 29.2 Å². The van der Waals surface area contributed by atoms with E-state index < -0.39 is 27.0 Å². The van der Waals surface area contributed by atoms with E-state index in [4.69, 9.17) is 0 Å². The Morgan fingerprint density at radius 1 is 1.11 bits per heavy atom. The molecule has 0 aromatic heterocycles. The first kappa shape index (κ1) is 16.5. The Balaban J connectivity index is 3.04. The monoisotopic (exact) mass is 358 g/mol. The normalized spacial score (nSPS) is 13.6. The predicted molar refractivity (Wildman–Crippen MR) is 71.1 cm³/mol. The minimum Gasteiger partial charge on any atom is -0.224 e. The number of benzene rings is 1. The second kappa shape index (κ2) is 5.44. The number of alkyl halides is 4. The Bertz CT molecular complexity index is 533. The Morgan fingerprint density at radius 3 is 1.95 bits per heavy atom. The van der Waals surface area contributed by atoms with Crippen LogP contribution in [-0.2, 0) is 16.0 Å². The lowest BCUT2D eigenvalue weighted by Crippen LogP contribution is -2.25. The van der Waals surface area contributed by atoms with Crippen LogP contribution >= 0.6 is 15.9 Å². The van der Waals surface area contributed by atoms with Gasteiger partial charge in [-0.1, -0.05) is 29.8 Å². The van der Waals surface area contributed by atoms with Gasteiger partial charge in [0.15, 0.2) is 9.84 Å². The zero-order chi connectivity index (χ0) is 14.9. The predicted octanol–water partition coefficient (Wildman–Crippen LogP) is 3.90. The van der Waals surface area contributed by atoms with Crippen LogP contribution in [0.1, 0.15) is 19.4 Å². The highest BCUT2D eigenvalue weighted by atomic mass is 79.9. The standard InChI is InChI=1S/C12H14BrF3O2S/c1-11(2,7-13)8-19(17,18)10-5-3-9(4-6-10)12(14,15)16/h3-6H,7-8H2,1-2H3. The lowest BCUT2D eigenvalue weighted by atomic mass is 10.0. The van der Waals surface area contributed by atoms with Gasteiger partial charge in [0.05, 0.1) is 16.2 Å². The van der Waals surface area contributed by atoms with E-state index in [0.29, 0.717) is 5.33 Å². The van der Waals surface area contributed by atoms with Crippen LogP contribution in [0.2, 0.25) is 0 Å². The van der Waals surface area contributed by atoms with Gasteiger partial charge in [-0.05, 0) is 29.7 Å². The first-order valence-corrected chi connectivity index (χ1v) is 8.21. The highest BCUT2D eigenvalue weighted by Crippen LogP contribution is 2.31. The molecule has 19 heavy (non-hydrogen) atoms. The number of rotatable bonds is 4. The molecule has 0 radical (unpaired) electrons. The zero-order valence-corrected chi connectivity index (χ0v) is 12.9. The highest BCUT2D eigenvalue weighted by molar-refractivity contribution is 9.09. The van der Waals surface area contributed by atoms with Gasteiger partial charge in [0.1, 0.15) is 0 Å². The summed E-state index contributed by atoms with van der Waals surface area (Å²) >= 11 is 3.22. The lowest BCUT2D eigenvalue weighted by Gasteiger charge is -2.21. The van der Waals surface area contributed by atoms with Crippen LogP contribution in [0, 0.1) is 5.41 Å². The maximum Gasteiger partial charge on any atom is 0.416 e. The second-order valence-corrected chi connectivity index (χ2v) is 7.63. The SMILES string of the molecule is CC(C)(CBr)CS(=O)(=O)c1ccc(C(F)(F)F)cc1. The van der Waals surface area contributed by atoms with Crippen molar-refractivity contribution in [1.29, 1.82) is 0 Å². The summed E-state index contributed by atoms with van der Waals surface area (Å²) in [4.78, 5) is -0.0884. The fourth-order valence-electron chi connectivity index (χ4n) is 1.49. The van der Waals surface area contributed by atoms with Gasteiger partial charge in [-0.3, -0.25) is 0 Å². The van der Waals surface area contributed by atoms with Gasteiger partial charge in [0, 0.05) is 5.33 Å². The van der Waals surface area contributed by atoms with Gasteiger partial charge in [-0.2, -0.15) is 13.2 Å². The Labute approximate surface area is 119 Å². The molecule has 0 aliphatic heterocycles. The first-order valence-electron chi connectivity index (χ1n) is 5.44. The summed E-state index contributed by atoms with van der Waals surface area (Å²) < 4.78 is 61.3. The molecule has 0 saturated heterocycles. The molecule has 2 nitrogen and oxygen atoms in total. The van der Waals surface area contributed by atoms with Gasteiger partial charge in [-0.25, -0.2) is 8.42 Å². The van der Waals surface area contributed by atoms with E-state index in [2.05, 4.69) is 15.9 Å². The molecule has 0 atom stereocenters. The fraction of sp³-hybridized carbons (Fsp3) is 0.500. The van der Waals surface area contributed by atoms with E-state index in [1.165, 1.54) is 0 Å². The van der Waals surface area contributed by atoms with Crippen LogP contribution < -0.4 is 0 Å². The number of halogens is 4. The molecule has 1 rings (SSSR count). The maximum atomic E-state index is 12.4. The lowest BCUT2D eigenvalue weighted by molar-refractivity contribution is -0.137. The highest BCUT2D eigenvalue weighted by Gasteiger charge is 2.31. The average Bonchev–Trinajstić information content (AvgIpc) is 2.27. The van der Waals surface area contributed by atoms with Gasteiger partial charge in [-0.15, -0.1) is 0 Å². The first-order chi connectivity index (χ1) is 8.48. The van der Waals surface area contributed by atoms with Gasteiger partial charge < -0.3 is 0 Å². The van der Waals surface area contributed by atoms with Crippen molar-refractivity contribution in [2.75, 3.05) is 11.1 Å². The van der Waals surface area contributed by atoms with Crippen LogP contribution in [0.25, 0.3) is 0 Å². The van der Waals surface area contributed by atoms with Crippen molar-refractivity contribution in [3.63, 3.8) is 0 Å². The second-order valence-electron chi connectivity index (χ2n) is 5.08. The summed E-state index contributed by atoms with van der Waals surface area (Å²) in [6, 6.07) is 3.58. The van der Waals surface area contributed by atoms with Gasteiger partial charge in [0.25, 0.3) is 0 Å². The van der Waals surface area contributed by atoms with Crippen LogP contribution in [-0.4, -0.2) is 19.5 Å². The van der Waals surface area contributed by atoms with Crippen molar-refractivity contribution in [2.24, 2.45) is 5.41 Å². The third-order valence-electron chi connectivity index (χ3n) is 2.48. The molecule has 0 aliphatic rings. The van der Waals surface area contributed by atoms with E-state index >= 15 is 0 Å². The third-order valence-corrected chi connectivity index (χ3v) is 6.15. The molecular formula is C12H14BrF3O2S. The van der Waals surface area contributed by atoms with Gasteiger partial charge >= 0.3 is 6.18 Å². The number of sulfone groups is 1. The average molecular weight is 359 g/mol. The topological polar surface area (TPSA) is 34.1 Å². The molecule has 1 aromatic rings. The third kappa shape index (κ3) is 4.49. The summed E-state index contributed by atoms with van der Waals surface area (Å²) in [7, 11) is -3.59. The molecule has 0 aliphatic carbocycles. The molecule has 0 bridgehead atoms. The smallest absolute Gasteiger partial charge is 0.224 e. The number of hydrogen-bond donors (Lipinski definition) is 0. The largest absolute Gasteiger partial charge is 0.416 e. The van der Waals surface area contributed by atoms with Crippen molar-refractivity contribution in [3.05, 3.63) is 29.8 Å². The van der Waals surface area contributed by atoms with Crippen molar-refractivity contribution in [1.82, 2.24) is 0 Å². The summed E-state index contributed by atoms with van der Waals surface area (Å²) in [5.41, 5.74) is -1.34. The molecule has 0 N–H and O–H groups in total. The van der Waals surface area contributed by atoms with E-state index in [1.807, 2.05) is 0 Å². The maximum absolute atomic E-state index is 12.4. The van der Waals surface area contributed by atoms with E-state index in [-0.39, 0.29) is 10.6 Å². The summed E-state index contributed by atoms with van der Waals surface area (Å²) in [5, 5.41) is 0.486. The Hall–Kier alpha value is -0.560. The van der Waals surface area contributed by atoms with Gasteiger partial charge in [0.2, 0.25) is 0 Å². The van der Waals surface area contributed by atoms with Crippen molar-refractivity contribution in [3.8, 4) is 0 Å². The molecule has 0 heterocycles. The summed E-state index contributed by atoms with van der Waals surface area (Å²) in [6.45, 7) is 3.53. The van der Waals surface area contributed by atoms with Crippen LogP contribution in [0.4, 0.5) is 13.2 Å². The molecular weight excluding hydrogens is 345 g/mol. The number of hydrogen-bond acceptors (Lipinski definition) is 2. The van der Waals surface area contributed by atoms with E-state index in [0.717, 1.165) is 24.3 Å². The molecule has 0 fully saturated rings. The summed E-state index contributed by atoms with van der Waals surface area (Å²) in [5.74, 6) is -0.128. The molecule has 7 heteroatoms. The van der Waals surface area contributed by atoms with Crippen molar-refractivity contribution >= 4 is 25.8 Å².